The first-order chi connectivity index (χ1) is 12.6. The molecular weight excluding hydrogens is 392 g/mol. The predicted molar refractivity (Wildman–Crippen MR) is 102 cm³/mol. The molecule has 0 amide bonds. The lowest BCUT2D eigenvalue weighted by Gasteiger charge is -2.18. The molecule has 0 aliphatic rings. The van der Waals surface area contributed by atoms with Crippen LogP contribution in [-0.2, 0) is 25.8 Å². The highest BCUT2D eigenvalue weighted by molar-refractivity contribution is 7.77. The van der Waals surface area contributed by atoms with Crippen LogP contribution in [-0.4, -0.2) is 15.9 Å². The summed E-state index contributed by atoms with van der Waals surface area (Å²) in [7, 11) is 0. The van der Waals surface area contributed by atoms with Crippen LogP contribution in [0.5, 0.6) is 0 Å². The van der Waals surface area contributed by atoms with Crippen molar-refractivity contribution in [3.8, 4) is 0 Å². The molecule has 3 rings (SSSR count). The van der Waals surface area contributed by atoms with Crippen molar-refractivity contribution in [3.05, 3.63) is 75.6 Å². The molecule has 0 spiro atoms. The molecule has 5 nitrogen and oxygen atoms in total. The number of pyridine rings is 1. The van der Waals surface area contributed by atoms with E-state index >= 15 is 0 Å². The lowest BCUT2D eigenvalue weighted by Crippen LogP contribution is -2.47. The fourth-order valence-electron chi connectivity index (χ4n) is 2.40. The van der Waals surface area contributed by atoms with Gasteiger partial charge in [0.25, 0.3) is 0 Å². The number of hydrogen-bond acceptors (Lipinski definition) is 6. The van der Waals surface area contributed by atoms with Crippen molar-refractivity contribution in [2.75, 3.05) is 0 Å². The normalized spacial score (nSPS) is 12.9. The van der Waals surface area contributed by atoms with E-state index in [1.54, 1.807) is 59.6 Å². The van der Waals surface area contributed by atoms with Gasteiger partial charge in [-0.15, -0.1) is 11.3 Å². The average Bonchev–Trinajstić information content (AvgIpc) is 3.32. The smallest absolute Gasteiger partial charge is 0.244 e. The number of aliphatic imine (C=N–C) groups is 1. The Bertz CT molecular complexity index is 922. The van der Waals surface area contributed by atoms with Gasteiger partial charge in [0.1, 0.15) is 5.76 Å². The molecule has 3 heterocycles. The zero-order valence-electron chi connectivity index (χ0n) is 13.5. The zero-order chi connectivity index (χ0) is 18.5. The predicted octanol–water partition coefficient (Wildman–Crippen LogP) is 3.34. The quantitative estimate of drug-likeness (QED) is 0.215. The number of nitrogens with zero attached hydrogens (tertiary/aromatic N) is 2. The highest BCUT2D eigenvalue weighted by atomic mass is 35.5. The van der Waals surface area contributed by atoms with Crippen LogP contribution in [0.25, 0.3) is 0 Å². The van der Waals surface area contributed by atoms with Crippen LogP contribution in [0.2, 0.25) is 4.34 Å². The van der Waals surface area contributed by atoms with Crippen LogP contribution in [0.4, 0.5) is 0 Å². The summed E-state index contributed by atoms with van der Waals surface area (Å²) in [5, 5.41) is 9.62. The van der Waals surface area contributed by atoms with Crippen molar-refractivity contribution >= 4 is 46.4 Å². The van der Waals surface area contributed by atoms with E-state index in [4.69, 9.17) is 28.6 Å². The lowest BCUT2D eigenvalue weighted by atomic mass is 10.1. The van der Waals surface area contributed by atoms with Gasteiger partial charge < -0.3 is 27.1 Å². The van der Waals surface area contributed by atoms with Crippen LogP contribution in [0, 0.1) is 0 Å². The van der Waals surface area contributed by atoms with Crippen LogP contribution in [0.3, 0.4) is 0 Å². The van der Waals surface area contributed by atoms with Crippen molar-refractivity contribution in [1.82, 2.24) is 0 Å². The maximum absolute atomic E-state index is 13.1. The number of hydrogen-bond donors (Lipinski definition) is 1. The van der Waals surface area contributed by atoms with Gasteiger partial charge in [0.2, 0.25) is 11.8 Å². The second kappa shape index (κ2) is 8.55. The fourth-order valence-corrected chi connectivity index (χ4v) is 3.70. The highest BCUT2D eigenvalue weighted by Crippen LogP contribution is 2.24. The summed E-state index contributed by atoms with van der Waals surface area (Å²) >= 11 is 12.6. The summed E-state index contributed by atoms with van der Waals surface area (Å²) in [6, 6.07) is 9.63. The number of rotatable bonds is 7. The van der Waals surface area contributed by atoms with E-state index < -0.39 is 6.04 Å². The van der Waals surface area contributed by atoms with Crippen LogP contribution >= 0.6 is 22.9 Å². The van der Waals surface area contributed by atoms with Gasteiger partial charge in [-0.05, 0) is 35.4 Å². The first-order valence-electron chi connectivity index (χ1n) is 7.72. The number of ketones is 1. The van der Waals surface area contributed by atoms with Crippen molar-refractivity contribution < 1.29 is 18.9 Å². The Morgan fingerprint density at radius 1 is 1.35 bits per heavy atom. The molecule has 134 valence electrons. The highest BCUT2D eigenvalue weighted by Gasteiger charge is 2.29. The van der Waals surface area contributed by atoms with Gasteiger partial charge in [-0.25, -0.2) is 0 Å². The number of carbonyl (C=O) groups is 1. The minimum Gasteiger partial charge on any atom is -0.758 e. The third-order valence-electron chi connectivity index (χ3n) is 3.63. The van der Waals surface area contributed by atoms with Crippen molar-refractivity contribution in [2.45, 2.75) is 19.2 Å². The van der Waals surface area contributed by atoms with E-state index in [0.717, 1.165) is 0 Å². The first-order valence-corrected chi connectivity index (χ1v) is 9.32. The summed E-state index contributed by atoms with van der Waals surface area (Å²) in [6.45, 7) is 0.115. The molecular formula is C18H15ClN2O3S2. The van der Waals surface area contributed by atoms with E-state index in [9.17, 15) is 9.90 Å². The van der Waals surface area contributed by atoms with Crippen molar-refractivity contribution in [3.63, 3.8) is 0 Å². The molecule has 0 bridgehead atoms. The molecule has 1 atom stereocenters. The van der Waals surface area contributed by atoms with Gasteiger partial charge in [-0.2, -0.15) is 4.57 Å². The molecule has 0 aliphatic heterocycles. The number of aliphatic hydroxyl groups excluding tert-OH is 1. The van der Waals surface area contributed by atoms with Gasteiger partial charge in [0.15, 0.2) is 12.4 Å². The van der Waals surface area contributed by atoms with E-state index in [1.165, 1.54) is 11.3 Å². The summed E-state index contributed by atoms with van der Waals surface area (Å²) in [5.74, 6) is 0.460. The van der Waals surface area contributed by atoms with Crippen molar-refractivity contribution in [1.29, 1.82) is 0 Å². The van der Waals surface area contributed by atoms with E-state index in [2.05, 4.69) is 4.99 Å². The molecule has 0 aromatic carbocycles. The second-order valence-corrected chi connectivity index (χ2v) is 7.56. The first kappa shape index (κ1) is 18.7. The summed E-state index contributed by atoms with van der Waals surface area (Å²) in [6.07, 6.45) is 4.97. The van der Waals surface area contributed by atoms with Gasteiger partial charge in [-0.3, -0.25) is 4.79 Å². The third-order valence-corrected chi connectivity index (χ3v) is 5.23. The van der Waals surface area contributed by atoms with Gasteiger partial charge in [0.05, 0.1) is 28.6 Å². The Kier molecular flexibility index (Phi) is 6.16. The molecule has 0 saturated heterocycles. The minimum absolute atomic E-state index is 0.136. The standard InChI is InChI=1S/C18H15ClN2O3S2/c19-15-6-5-14(26-15)17(23)16(21-7-1-3-12(10-21)11-22)18(25)20-9-13-4-2-8-24-13/h1-8,10,16,22H,9,11H2/t16-/m0/s1. The molecule has 3 aromatic heterocycles. The zero-order valence-corrected chi connectivity index (χ0v) is 15.9. The lowest BCUT2D eigenvalue weighted by molar-refractivity contribution is -0.692. The molecule has 0 fully saturated rings. The number of thiophene rings is 1. The van der Waals surface area contributed by atoms with E-state index in [-0.39, 0.29) is 24.0 Å². The molecule has 26 heavy (non-hydrogen) atoms. The number of halogens is 1. The Labute approximate surface area is 165 Å². The number of carbonyl (C=O) groups excluding carboxylic acids is 1. The Morgan fingerprint density at radius 3 is 2.85 bits per heavy atom. The van der Waals surface area contributed by atoms with Crippen LogP contribution in [0.1, 0.15) is 27.0 Å². The Balaban J connectivity index is 1.97. The maximum atomic E-state index is 13.1. The topological polar surface area (TPSA) is 66.7 Å². The average molecular weight is 407 g/mol. The van der Waals surface area contributed by atoms with Crippen molar-refractivity contribution in [2.24, 2.45) is 4.99 Å². The SMILES string of the molecule is O=C(c1ccc(Cl)s1)[C@@H](C([S-])=NCc1ccco1)[n+]1cccc(CO)c1. The molecule has 0 radical (unpaired) electrons. The molecule has 8 heteroatoms. The Hall–Kier alpha value is -2.06. The molecule has 1 N–H and O–H groups in total. The van der Waals surface area contributed by atoms with Gasteiger partial charge >= 0.3 is 0 Å². The third kappa shape index (κ3) is 4.37. The van der Waals surface area contributed by atoms with E-state index in [0.29, 0.717) is 20.5 Å². The number of aromatic nitrogens is 1. The number of Topliss-reactive ketones (excluding diaryl/α,β-unsaturated/α-hetero) is 1. The molecule has 0 saturated carbocycles. The van der Waals surface area contributed by atoms with Crippen LogP contribution < -0.4 is 4.57 Å². The summed E-state index contributed by atoms with van der Waals surface area (Å²) < 4.78 is 7.45. The van der Waals surface area contributed by atoms with Gasteiger partial charge in [-0.1, -0.05) is 11.6 Å². The summed E-state index contributed by atoms with van der Waals surface area (Å²) in [4.78, 5) is 17.9. The Morgan fingerprint density at radius 2 is 2.19 bits per heavy atom. The summed E-state index contributed by atoms with van der Waals surface area (Å²) in [5.41, 5.74) is 0.670. The second-order valence-electron chi connectivity index (χ2n) is 5.42. The van der Waals surface area contributed by atoms with Crippen LogP contribution in [0.15, 0.2) is 64.5 Å². The molecule has 3 aromatic rings. The largest absolute Gasteiger partial charge is 0.758 e. The number of aliphatic hydroxyl groups is 1. The maximum Gasteiger partial charge on any atom is 0.244 e. The fraction of sp³-hybridized carbons (Fsp3) is 0.167. The number of furan rings is 1. The van der Waals surface area contributed by atoms with E-state index in [1.807, 2.05) is 0 Å². The molecule has 0 aliphatic carbocycles. The van der Waals surface area contributed by atoms with Gasteiger partial charge in [0, 0.05) is 11.6 Å². The minimum atomic E-state index is -0.804. The monoisotopic (exact) mass is 406 g/mol. The molecule has 0 unspecified atom stereocenters.